The molecule has 0 unspecified atom stereocenters. The number of H-pyrrole nitrogens is 1. The molecule has 7 nitrogen and oxygen atoms in total. The van der Waals surface area contributed by atoms with Crippen molar-refractivity contribution in [3.63, 3.8) is 0 Å². The molecule has 0 saturated carbocycles. The highest BCUT2D eigenvalue weighted by atomic mass is 16.5. The molecule has 3 heterocycles. The van der Waals surface area contributed by atoms with Crippen LogP contribution in [-0.2, 0) is 6.42 Å². The Kier molecular flexibility index (Phi) is 4.01. The van der Waals surface area contributed by atoms with Crippen molar-refractivity contribution in [2.24, 2.45) is 5.92 Å². The summed E-state index contributed by atoms with van der Waals surface area (Å²) >= 11 is 0. The second-order valence-electron chi connectivity index (χ2n) is 6.77. The van der Waals surface area contributed by atoms with Gasteiger partial charge in [0.25, 0.3) is 5.56 Å². The minimum atomic E-state index is -0.528. The van der Waals surface area contributed by atoms with Crippen molar-refractivity contribution in [3.05, 3.63) is 56.9 Å². The summed E-state index contributed by atoms with van der Waals surface area (Å²) in [6.45, 7) is 3.27. The van der Waals surface area contributed by atoms with Gasteiger partial charge in [-0.15, -0.1) is 0 Å². The van der Waals surface area contributed by atoms with E-state index in [1.165, 1.54) is 22.4 Å². The van der Waals surface area contributed by atoms with Gasteiger partial charge in [-0.05, 0) is 56.3 Å². The van der Waals surface area contributed by atoms with E-state index in [0.717, 1.165) is 31.2 Å². The van der Waals surface area contributed by atoms with E-state index in [9.17, 15) is 9.59 Å². The molecule has 1 aromatic carbocycles. The van der Waals surface area contributed by atoms with Gasteiger partial charge < -0.3 is 9.84 Å². The molecule has 0 spiro atoms. The van der Waals surface area contributed by atoms with Crippen molar-refractivity contribution >= 4 is 11.0 Å². The number of benzene rings is 1. The summed E-state index contributed by atoms with van der Waals surface area (Å²) in [4.78, 5) is 25.5. The van der Waals surface area contributed by atoms with Crippen molar-refractivity contribution in [1.29, 1.82) is 0 Å². The molecule has 0 amide bonds. The molecule has 1 saturated heterocycles. The first kappa shape index (κ1) is 15.8. The largest absolute Gasteiger partial charge is 0.354 e. The summed E-state index contributed by atoms with van der Waals surface area (Å²) in [5, 5.41) is 8.26. The summed E-state index contributed by atoms with van der Waals surface area (Å²) in [5.41, 5.74) is 0.860. The van der Waals surface area contributed by atoms with Crippen LogP contribution < -0.4 is 16.6 Å². The second-order valence-corrected chi connectivity index (χ2v) is 6.77. The predicted molar refractivity (Wildman–Crippen MR) is 94.1 cm³/mol. The summed E-state index contributed by atoms with van der Waals surface area (Å²) in [5.74, 6) is 1.05. The van der Waals surface area contributed by atoms with Gasteiger partial charge in [0.1, 0.15) is 0 Å². The smallest absolute Gasteiger partial charge is 0.334 e. The lowest BCUT2D eigenvalue weighted by Gasteiger charge is -2.28. The van der Waals surface area contributed by atoms with Crippen LogP contribution in [0.2, 0.25) is 0 Å². The third kappa shape index (κ3) is 3.15. The predicted octanol–water partition coefficient (Wildman–Crippen LogP) is 1.60. The number of hydrogen-bond donors (Lipinski definition) is 2. The van der Waals surface area contributed by atoms with Crippen LogP contribution in [0.25, 0.3) is 16.8 Å². The average molecular weight is 340 g/mol. The number of aromatic amines is 1. The van der Waals surface area contributed by atoms with Gasteiger partial charge in [-0.25, -0.2) is 9.36 Å². The van der Waals surface area contributed by atoms with E-state index in [2.05, 4.69) is 28.4 Å². The first-order chi connectivity index (χ1) is 12.1. The standard InChI is InChI=1S/C18H20N4O3/c1-11-8-13(4-6-19-11)9-12-2-3-15-14(10-12)17(21-25-15)22-7-5-16(23)20-18(22)24/h2-3,5,7,10-11,13,19H,4,6,8-9H2,1H3,(H,20,23,24)/t11-,13-/m0/s1. The molecule has 2 aromatic heterocycles. The number of rotatable bonds is 3. The minimum absolute atomic E-state index is 0.400. The fraction of sp³-hybridized carbons (Fsp3) is 0.389. The molecule has 130 valence electrons. The monoisotopic (exact) mass is 340 g/mol. The molecule has 2 N–H and O–H groups in total. The van der Waals surface area contributed by atoms with Crippen LogP contribution >= 0.6 is 0 Å². The molecule has 0 bridgehead atoms. The van der Waals surface area contributed by atoms with Gasteiger partial charge in [-0.3, -0.25) is 9.78 Å². The van der Waals surface area contributed by atoms with Crippen molar-refractivity contribution in [1.82, 2.24) is 20.0 Å². The van der Waals surface area contributed by atoms with Gasteiger partial charge in [0.15, 0.2) is 11.4 Å². The maximum absolute atomic E-state index is 12.0. The zero-order chi connectivity index (χ0) is 17.4. The molecule has 3 aromatic rings. The molecule has 1 aliphatic heterocycles. The fourth-order valence-electron chi connectivity index (χ4n) is 3.61. The molecular weight excluding hydrogens is 320 g/mol. The van der Waals surface area contributed by atoms with Crippen LogP contribution in [-0.4, -0.2) is 27.3 Å². The maximum atomic E-state index is 12.0. The number of hydrogen-bond acceptors (Lipinski definition) is 5. The zero-order valence-corrected chi connectivity index (χ0v) is 14.0. The lowest BCUT2D eigenvalue weighted by atomic mass is 9.87. The van der Waals surface area contributed by atoms with Gasteiger partial charge in [0.05, 0.1) is 5.39 Å². The van der Waals surface area contributed by atoms with Gasteiger partial charge in [-0.2, -0.15) is 0 Å². The van der Waals surface area contributed by atoms with E-state index in [1.54, 1.807) is 0 Å². The van der Waals surface area contributed by atoms with E-state index in [4.69, 9.17) is 4.52 Å². The highest BCUT2D eigenvalue weighted by Gasteiger charge is 2.19. The Hall–Kier alpha value is -2.67. The Bertz CT molecular complexity index is 1020. The summed E-state index contributed by atoms with van der Waals surface area (Å²) in [7, 11) is 0. The Morgan fingerprint density at radius 3 is 3.00 bits per heavy atom. The number of aromatic nitrogens is 3. The highest BCUT2D eigenvalue weighted by molar-refractivity contribution is 5.84. The summed E-state index contributed by atoms with van der Waals surface area (Å²) in [6, 6.07) is 7.82. The van der Waals surface area contributed by atoms with E-state index in [0.29, 0.717) is 23.4 Å². The third-order valence-electron chi connectivity index (χ3n) is 4.82. The molecule has 4 rings (SSSR count). The van der Waals surface area contributed by atoms with E-state index in [1.807, 2.05) is 12.1 Å². The topological polar surface area (TPSA) is 92.9 Å². The van der Waals surface area contributed by atoms with Crippen LogP contribution in [0.5, 0.6) is 0 Å². The molecule has 25 heavy (non-hydrogen) atoms. The third-order valence-corrected chi connectivity index (χ3v) is 4.82. The van der Waals surface area contributed by atoms with Crippen molar-refractivity contribution < 1.29 is 4.52 Å². The first-order valence-electron chi connectivity index (χ1n) is 8.54. The number of nitrogens with one attached hydrogen (secondary N) is 2. The van der Waals surface area contributed by atoms with Crippen molar-refractivity contribution in [2.45, 2.75) is 32.2 Å². The lowest BCUT2D eigenvalue weighted by molar-refractivity contribution is 0.314. The zero-order valence-electron chi connectivity index (χ0n) is 14.0. The molecular formula is C18H20N4O3. The number of fused-ring (bicyclic) bond motifs is 1. The summed E-state index contributed by atoms with van der Waals surface area (Å²) in [6.07, 6.45) is 4.74. The lowest BCUT2D eigenvalue weighted by Crippen LogP contribution is -2.36. The van der Waals surface area contributed by atoms with Crippen molar-refractivity contribution in [3.8, 4) is 5.82 Å². The first-order valence-corrected chi connectivity index (χ1v) is 8.54. The molecule has 0 radical (unpaired) electrons. The molecule has 2 atom stereocenters. The average Bonchev–Trinajstić information content (AvgIpc) is 2.98. The van der Waals surface area contributed by atoms with E-state index in [-0.39, 0.29) is 0 Å². The molecule has 7 heteroatoms. The Morgan fingerprint density at radius 1 is 1.32 bits per heavy atom. The SMILES string of the molecule is C[C@H]1C[C@@H](Cc2ccc3onc(-n4ccc(=O)[nH]c4=O)c3c2)CCN1. The molecule has 1 fully saturated rings. The Morgan fingerprint density at radius 2 is 2.20 bits per heavy atom. The molecule has 0 aliphatic carbocycles. The highest BCUT2D eigenvalue weighted by Crippen LogP contribution is 2.26. The van der Waals surface area contributed by atoms with Crippen LogP contribution in [0.1, 0.15) is 25.3 Å². The van der Waals surface area contributed by atoms with Gasteiger partial charge in [0, 0.05) is 18.3 Å². The quantitative estimate of drug-likeness (QED) is 0.755. The molecule has 1 aliphatic rings. The van der Waals surface area contributed by atoms with E-state index < -0.39 is 11.2 Å². The van der Waals surface area contributed by atoms with Gasteiger partial charge >= 0.3 is 5.69 Å². The van der Waals surface area contributed by atoms with Crippen LogP contribution in [0.4, 0.5) is 0 Å². The Labute approximate surface area is 143 Å². The Balaban J connectivity index is 1.70. The van der Waals surface area contributed by atoms with Crippen LogP contribution in [0, 0.1) is 5.92 Å². The van der Waals surface area contributed by atoms with Crippen LogP contribution in [0.15, 0.2) is 44.6 Å². The van der Waals surface area contributed by atoms with Gasteiger partial charge in [-0.1, -0.05) is 11.2 Å². The normalized spacial score (nSPS) is 20.8. The second kappa shape index (κ2) is 6.33. The van der Waals surface area contributed by atoms with Gasteiger partial charge in [0.2, 0.25) is 0 Å². The van der Waals surface area contributed by atoms with Crippen LogP contribution in [0.3, 0.4) is 0 Å². The number of piperidine rings is 1. The van der Waals surface area contributed by atoms with Crippen molar-refractivity contribution in [2.75, 3.05) is 6.54 Å². The number of nitrogens with zero attached hydrogens (tertiary/aromatic N) is 2. The maximum Gasteiger partial charge on any atom is 0.334 e. The van der Waals surface area contributed by atoms with E-state index >= 15 is 0 Å². The summed E-state index contributed by atoms with van der Waals surface area (Å²) < 4.78 is 6.63. The fourth-order valence-corrected chi connectivity index (χ4v) is 3.61. The minimum Gasteiger partial charge on any atom is -0.354 e.